The lowest BCUT2D eigenvalue weighted by Gasteiger charge is -2.39. The van der Waals surface area contributed by atoms with Gasteiger partial charge in [-0.3, -0.25) is 14.4 Å². The van der Waals surface area contributed by atoms with E-state index in [1.54, 1.807) is 14.7 Å². The van der Waals surface area contributed by atoms with Gasteiger partial charge in [0.05, 0.1) is 17.4 Å². The highest BCUT2D eigenvalue weighted by molar-refractivity contribution is 6.04. The fraction of sp³-hybridized carbons (Fsp3) is 0.581. The summed E-state index contributed by atoms with van der Waals surface area (Å²) in [6.07, 6.45) is 11.5. The Morgan fingerprint density at radius 3 is 2.33 bits per heavy atom. The predicted octanol–water partition coefficient (Wildman–Crippen LogP) is 3.31. The van der Waals surface area contributed by atoms with E-state index in [1.807, 2.05) is 75.4 Å². The van der Waals surface area contributed by atoms with Gasteiger partial charge in [0, 0.05) is 38.0 Å². The topological polar surface area (TPSA) is 90.4 Å². The fourth-order valence-electron chi connectivity index (χ4n) is 7.07. The van der Waals surface area contributed by atoms with Crippen LogP contribution in [0.2, 0.25) is 0 Å². The van der Waals surface area contributed by atoms with Crippen molar-refractivity contribution in [3.63, 3.8) is 0 Å². The van der Waals surface area contributed by atoms with Crippen LogP contribution in [0.3, 0.4) is 0 Å². The van der Waals surface area contributed by atoms with Crippen LogP contribution in [0.5, 0.6) is 0 Å². The van der Waals surface area contributed by atoms with Gasteiger partial charge >= 0.3 is 0 Å². The van der Waals surface area contributed by atoms with Gasteiger partial charge in [0.15, 0.2) is 0 Å². The number of amides is 3. The van der Waals surface area contributed by atoms with Crippen LogP contribution < -0.4 is 4.90 Å². The van der Waals surface area contributed by atoms with E-state index in [1.165, 1.54) is 0 Å². The lowest BCUT2D eigenvalue weighted by molar-refractivity contribution is -0.153. The second kappa shape index (κ2) is 10.9. The molecule has 210 valence electrons. The number of carbonyl (C=O) groups excluding carboxylic acids is 3. The number of anilines is 1. The molecule has 1 aromatic carbocycles. The summed E-state index contributed by atoms with van der Waals surface area (Å²) in [5.74, 6) is -1.99. The van der Waals surface area contributed by atoms with Crippen molar-refractivity contribution in [1.82, 2.24) is 9.80 Å². The molecule has 8 heteroatoms. The standard InChI is InChI=1S/C31H41N3O5/c1-4-30-16-12-20-33(23-14-8-7-9-15-23)27(36)24(30)25-28(37)34(18-10-5-6-11-21-35)26-29(38)32(22(2)3)19-13-17-31(25,26)39-30/h7-9,12-17,22,24-26,35H,4-6,10-11,18-21H2,1-3H3/t24-,25+,26?,30+,31+/m1/s1. The third-order valence-corrected chi connectivity index (χ3v) is 8.97. The van der Waals surface area contributed by atoms with Gasteiger partial charge in [-0.1, -0.05) is 62.3 Å². The average Bonchev–Trinajstić information content (AvgIpc) is 3.21. The molecule has 39 heavy (non-hydrogen) atoms. The summed E-state index contributed by atoms with van der Waals surface area (Å²) in [7, 11) is 0. The van der Waals surface area contributed by atoms with E-state index in [4.69, 9.17) is 9.84 Å². The lowest BCUT2D eigenvalue weighted by Crippen LogP contribution is -2.57. The van der Waals surface area contributed by atoms with Gasteiger partial charge in [-0.05, 0) is 45.2 Å². The Bertz CT molecular complexity index is 1150. The molecule has 2 saturated heterocycles. The van der Waals surface area contributed by atoms with Crippen molar-refractivity contribution < 1.29 is 24.2 Å². The molecule has 2 fully saturated rings. The highest BCUT2D eigenvalue weighted by Gasteiger charge is 2.75. The lowest BCUT2D eigenvalue weighted by atomic mass is 9.73. The molecule has 1 unspecified atom stereocenters. The first-order chi connectivity index (χ1) is 18.8. The Morgan fingerprint density at radius 1 is 0.923 bits per heavy atom. The number of carbonyl (C=O) groups is 3. The molecule has 1 spiro atoms. The molecule has 0 aliphatic carbocycles. The second-order valence-electron chi connectivity index (χ2n) is 11.5. The van der Waals surface area contributed by atoms with Gasteiger partial charge in [-0.15, -0.1) is 0 Å². The number of para-hydroxylation sites is 1. The van der Waals surface area contributed by atoms with Crippen molar-refractivity contribution in [3.05, 3.63) is 54.6 Å². The van der Waals surface area contributed by atoms with Crippen molar-refractivity contribution in [2.45, 2.75) is 76.2 Å². The number of likely N-dealkylation sites (tertiary alicyclic amines) is 1. The molecule has 1 N–H and O–H groups in total. The van der Waals surface area contributed by atoms with Gasteiger partial charge in [-0.25, -0.2) is 0 Å². The molecule has 4 heterocycles. The quantitative estimate of drug-likeness (QED) is 0.387. The monoisotopic (exact) mass is 535 g/mol. The Kier molecular flexibility index (Phi) is 7.71. The molecule has 3 amide bonds. The largest absolute Gasteiger partial charge is 0.396 e. The Morgan fingerprint density at radius 2 is 1.64 bits per heavy atom. The highest BCUT2D eigenvalue weighted by atomic mass is 16.5. The number of ether oxygens (including phenoxy) is 1. The van der Waals surface area contributed by atoms with Gasteiger partial charge < -0.3 is 24.5 Å². The molecule has 0 radical (unpaired) electrons. The minimum atomic E-state index is -1.22. The molecule has 5 atom stereocenters. The average molecular weight is 536 g/mol. The van der Waals surface area contributed by atoms with Gasteiger partial charge in [0.1, 0.15) is 11.6 Å². The summed E-state index contributed by atoms with van der Waals surface area (Å²) in [4.78, 5) is 48.3. The van der Waals surface area contributed by atoms with E-state index < -0.39 is 29.1 Å². The van der Waals surface area contributed by atoms with Crippen molar-refractivity contribution in [1.29, 1.82) is 0 Å². The summed E-state index contributed by atoms with van der Waals surface area (Å²) >= 11 is 0. The molecule has 4 aliphatic heterocycles. The summed E-state index contributed by atoms with van der Waals surface area (Å²) in [5.41, 5.74) is -1.42. The number of aliphatic hydroxyl groups excluding tert-OH is 1. The van der Waals surface area contributed by atoms with Crippen LogP contribution in [-0.2, 0) is 19.1 Å². The summed E-state index contributed by atoms with van der Waals surface area (Å²) < 4.78 is 7.01. The van der Waals surface area contributed by atoms with Crippen LogP contribution in [0.1, 0.15) is 52.9 Å². The van der Waals surface area contributed by atoms with E-state index in [2.05, 4.69) is 0 Å². The molecular formula is C31H41N3O5. The van der Waals surface area contributed by atoms with E-state index in [-0.39, 0.29) is 30.4 Å². The second-order valence-corrected chi connectivity index (χ2v) is 11.5. The third kappa shape index (κ3) is 4.42. The molecule has 0 bridgehead atoms. The first-order valence-corrected chi connectivity index (χ1v) is 14.4. The maximum absolute atomic E-state index is 14.4. The summed E-state index contributed by atoms with van der Waals surface area (Å²) in [5, 5.41) is 9.16. The molecule has 0 saturated carbocycles. The van der Waals surface area contributed by atoms with Crippen LogP contribution in [0.15, 0.2) is 54.6 Å². The highest BCUT2D eigenvalue weighted by Crippen LogP contribution is 2.58. The third-order valence-electron chi connectivity index (χ3n) is 8.97. The predicted molar refractivity (Wildman–Crippen MR) is 149 cm³/mol. The molecular weight excluding hydrogens is 494 g/mol. The van der Waals surface area contributed by atoms with Crippen LogP contribution in [0.25, 0.3) is 0 Å². The van der Waals surface area contributed by atoms with Crippen molar-refractivity contribution in [2.75, 3.05) is 31.1 Å². The van der Waals surface area contributed by atoms with Crippen LogP contribution in [0.4, 0.5) is 5.69 Å². The number of benzene rings is 1. The number of hydrogen-bond donors (Lipinski definition) is 1. The van der Waals surface area contributed by atoms with Crippen molar-refractivity contribution >= 4 is 23.4 Å². The molecule has 5 rings (SSSR count). The first kappa shape index (κ1) is 27.6. The van der Waals surface area contributed by atoms with Crippen molar-refractivity contribution in [2.24, 2.45) is 11.8 Å². The molecule has 0 aromatic heterocycles. The van der Waals surface area contributed by atoms with Gasteiger partial charge in [-0.2, -0.15) is 0 Å². The Hall–Kier alpha value is -2.97. The van der Waals surface area contributed by atoms with E-state index in [9.17, 15) is 14.4 Å². The number of hydrogen-bond acceptors (Lipinski definition) is 5. The maximum atomic E-state index is 14.4. The molecule has 8 nitrogen and oxygen atoms in total. The smallest absolute Gasteiger partial charge is 0.249 e. The zero-order valence-corrected chi connectivity index (χ0v) is 23.3. The number of nitrogens with zero attached hydrogens (tertiary/aromatic N) is 3. The minimum absolute atomic E-state index is 0.0417. The Labute approximate surface area is 231 Å². The van der Waals surface area contributed by atoms with Gasteiger partial charge in [0.25, 0.3) is 0 Å². The van der Waals surface area contributed by atoms with Crippen LogP contribution in [0, 0.1) is 11.8 Å². The maximum Gasteiger partial charge on any atom is 0.249 e. The van der Waals surface area contributed by atoms with Gasteiger partial charge in [0.2, 0.25) is 17.7 Å². The fourth-order valence-corrected chi connectivity index (χ4v) is 7.07. The van der Waals surface area contributed by atoms with E-state index in [0.717, 1.165) is 24.9 Å². The zero-order chi connectivity index (χ0) is 27.8. The van der Waals surface area contributed by atoms with Crippen LogP contribution >= 0.6 is 0 Å². The van der Waals surface area contributed by atoms with Crippen LogP contribution in [-0.4, -0.2) is 82.2 Å². The minimum Gasteiger partial charge on any atom is -0.396 e. The number of unbranched alkanes of at least 4 members (excludes halogenated alkanes) is 3. The zero-order valence-electron chi connectivity index (χ0n) is 23.3. The number of rotatable bonds is 9. The number of aliphatic hydroxyl groups is 1. The van der Waals surface area contributed by atoms with E-state index >= 15 is 0 Å². The first-order valence-electron chi connectivity index (χ1n) is 14.4. The Balaban J connectivity index is 1.59. The molecule has 1 aromatic rings. The normalized spacial score (nSPS) is 32.0. The van der Waals surface area contributed by atoms with Crippen molar-refractivity contribution in [3.8, 4) is 0 Å². The molecule has 4 aliphatic rings. The number of fused-ring (bicyclic) bond motifs is 2. The SMILES string of the molecule is CC[C@]12C=CCN(c3ccccc3)C(=O)[C@H]1[C@H]1C(=O)N(CCCCCCO)C3C(=O)N(C(C)C)CC=C[C@@]31O2. The summed E-state index contributed by atoms with van der Waals surface area (Å²) in [6, 6.07) is 8.67. The van der Waals surface area contributed by atoms with E-state index in [0.29, 0.717) is 32.5 Å². The summed E-state index contributed by atoms with van der Waals surface area (Å²) in [6.45, 7) is 7.34.